The van der Waals surface area contributed by atoms with Gasteiger partial charge in [-0.3, -0.25) is 0 Å². The molecule has 0 aliphatic rings. The average Bonchev–Trinajstić information content (AvgIpc) is 2.53. The van der Waals surface area contributed by atoms with Gasteiger partial charge in [-0.05, 0) is 36.2 Å². The fourth-order valence-corrected chi connectivity index (χ4v) is 2.20. The van der Waals surface area contributed by atoms with Crippen LogP contribution in [0.1, 0.15) is 23.6 Å². The van der Waals surface area contributed by atoms with Crippen LogP contribution in [0.2, 0.25) is 0 Å². The van der Waals surface area contributed by atoms with E-state index in [-0.39, 0.29) is 6.04 Å². The summed E-state index contributed by atoms with van der Waals surface area (Å²) < 4.78 is 5.22. The summed E-state index contributed by atoms with van der Waals surface area (Å²) in [6.07, 6.45) is 2.89. The smallest absolute Gasteiger partial charge is 0.118 e. The maximum Gasteiger partial charge on any atom is 0.118 e. The van der Waals surface area contributed by atoms with Gasteiger partial charge in [0.05, 0.1) is 13.2 Å². The monoisotopic (exact) mass is 267 g/mol. The van der Waals surface area contributed by atoms with Crippen LogP contribution in [-0.4, -0.2) is 13.7 Å². The van der Waals surface area contributed by atoms with Crippen molar-refractivity contribution in [2.75, 3.05) is 13.7 Å². The highest BCUT2D eigenvalue weighted by atomic mass is 16.5. The van der Waals surface area contributed by atoms with Gasteiger partial charge in [0.15, 0.2) is 0 Å². The molecular formula is C18H21NO. The topological polar surface area (TPSA) is 21.3 Å². The molecule has 0 spiro atoms. The number of benzene rings is 2. The van der Waals surface area contributed by atoms with E-state index in [0.29, 0.717) is 0 Å². The Kier molecular flexibility index (Phi) is 5.39. The Labute approximate surface area is 121 Å². The van der Waals surface area contributed by atoms with Crippen LogP contribution in [0.3, 0.4) is 0 Å². The van der Waals surface area contributed by atoms with E-state index >= 15 is 0 Å². The zero-order valence-corrected chi connectivity index (χ0v) is 11.9. The number of ether oxygens (including phenoxy) is 1. The third kappa shape index (κ3) is 3.72. The first-order valence-corrected chi connectivity index (χ1v) is 6.88. The number of rotatable bonds is 7. The lowest BCUT2D eigenvalue weighted by atomic mass is 9.98. The molecule has 1 N–H and O–H groups in total. The van der Waals surface area contributed by atoms with Crippen molar-refractivity contribution >= 4 is 0 Å². The predicted molar refractivity (Wildman–Crippen MR) is 84.1 cm³/mol. The summed E-state index contributed by atoms with van der Waals surface area (Å²) in [4.78, 5) is 0. The van der Waals surface area contributed by atoms with Crippen molar-refractivity contribution in [1.29, 1.82) is 0 Å². The van der Waals surface area contributed by atoms with Crippen LogP contribution in [0.15, 0.2) is 67.3 Å². The van der Waals surface area contributed by atoms with Crippen LogP contribution in [0.4, 0.5) is 0 Å². The van der Waals surface area contributed by atoms with Crippen molar-refractivity contribution in [2.45, 2.75) is 12.5 Å². The van der Waals surface area contributed by atoms with Crippen molar-refractivity contribution in [2.24, 2.45) is 0 Å². The molecule has 0 heterocycles. The van der Waals surface area contributed by atoms with Gasteiger partial charge < -0.3 is 10.1 Å². The fraction of sp³-hybridized carbons (Fsp3) is 0.222. The van der Waals surface area contributed by atoms with Crippen molar-refractivity contribution in [3.05, 3.63) is 78.4 Å². The summed E-state index contributed by atoms with van der Waals surface area (Å²) in [7, 11) is 1.69. The molecule has 0 amide bonds. The highest BCUT2D eigenvalue weighted by molar-refractivity contribution is 5.35. The summed E-state index contributed by atoms with van der Waals surface area (Å²) in [5.74, 6) is 0.881. The summed E-state index contributed by atoms with van der Waals surface area (Å²) in [5, 5.41) is 3.58. The molecule has 2 nitrogen and oxygen atoms in total. The second kappa shape index (κ2) is 7.51. The normalized spacial score (nSPS) is 11.8. The first-order valence-electron chi connectivity index (χ1n) is 6.88. The lowest BCUT2D eigenvalue weighted by Gasteiger charge is -2.20. The molecule has 1 unspecified atom stereocenters. The Morgan fingerprint density at radius 2 is 1.70 bits per heavy atom. The van der Waals surface area contributed by atoms with E-state index in [2.05, 4.69) is 48.3 Å². The van der Waals surface area contributed by atoms with Crippen LogP contribution in [0.5, 0.6) is 5.75 Å². The van der Waals surface area contributed by atoms with Gasteiger partial charge in [-0.25, -0.2) is 0 Å². The Morgan fingerprint density at radius 3 is 2.30 bits per heavy atom. The maximum atomic E-state index is 5.22. The predicted octanol–water partition coefficient (Wildman–Crippen LogP) is 3.95. The highest BCUT2D eigenvalue weighted by Gasteiger charge is 2.12. The third-order valence-corrected chi connectivity index (χ3v) is 3.28. The summed E-state index contributed by atoms with van der Waals surface area (Å²) in [6.45, 7) is 4.68. The van der Waals surface area contributed by atoms with Crippen LogP contribution in [0.25, 0.3) is 0 Å². The molecule has 2 rings (SSSR count). The largest absolute Gasteiger partial charge is 0.497 e. The lowest BCUT2D eigenvalue weighted by molar-refractivity contribution is 0.414. The van der Waals surface area contributed by atoms with Gasteiger partial charge >= 0.3 is 0 Å². The minimum absolute atomic E-state index is 0.196. The molecular weight excluding hydrogens is 246 g/mol. The second-order valence-corrected chi connectivity index (χ2v) is 4.65. The number of nitrogens with one attached hydrogen (secondary N) is 1. The fourth-order valence-electron chi connectivity index (χ4n) is 2.20. The van der Waals surface area contributed by atoms with Gasteiger partial charge in [-0.15, -0.1) is 6.58 Å². The number of methoxy groups -OCH3 is 1. The second-order valence-electron chi connectivity index (χ2n) is 4.65. The zero-order chi connectivity index (χ0) is 14.2. The molecule has 104 valence electrons. The SMILES string of the molecule is C=CCCNC(c1ccccc1)c1ccc(OC)cc1. The van der Waals surface area contributed by atoms with E-state index in [0.717, 1.165) is 18.7 Å². The van der Waals surface area contributed by atoms with E-state index in [9.17, 15) is 0 Å². The quantitative estimate of drug-likeness (QED) is 0.606. The molecule has 20 heavy (non-hydrogen) atoms. The molecule has 0 bridgehead atoms. The minimum Gasteiger partial charge on any atom is -0.497 e. The Morgan fingerprint density at radius 1 is 1.05 bits per heavy atom. The van der Waals surface area contributed by atoms with Gasteiger partial charge in [-0.2, -0.15) is 0 Å². The third-order valence-electron chi connectivity index (χ3n) is 3.28. The summed E-state index contributed by atoms with van der Waals surface area (Å²) in [6, 6.07) is 18.9. The minimum atomic E-state index is 0.196. The maximum absolute atomic E-state index is 5.22. The van der Waals surface area contributed by atoms with Crippen LogP contribution < -0.4 is 10.1 Å². The molecule has 0 aliphatic heterocycles. The van der Waals surface area contributed by atoms with Gasteiger partial charge in [0.25, 0.3) is 0 Å². The molecule has 0 fully saturated rings. The Balaban J connectivity index is 2.22. The Bertz CT molecular complexity index is 519. The van der Waals surface area contributed by atoms with E-state index in [1.165, 1.54) is 11.1 Å². The van der Waals surface area contributed by atoms with Crippen molar-refractivity contribution in [3.8, 4) is 5.75 Å². The van der Waals surface area contributed by atoms with Gasteiger partial charge in [0, 0.05) is 0 Å². The van der Waals surface area contributed by atoms with Gasteiger partial charge in [0.1, 0.15) is 5.75 Å². The van der Waals surface area contributed by atoms with E-state index < -0.39 is 0 Å². The molecule has 2 aromatic rings. The summed E-state index contributed by atoms with van der Waals surface area (Å²) >= 11 is 0. The molecule has 2 aromatic carbocycles. The number of hydrogen-bond acceptors (Lipinski definition) is 2. The zero-order valence-electron chi connectivity index (χ0n) is 11.9. The standard InChI is InChI=1S/C18H21NO/c1-3-4-14-19-18(15-8-6-5-7-9-15)16-10-12-17(20-2)13-11-16/h3,5-13,18-19H,1,4,14H2,2H3. The Hall–Kier alpha value is -2.06. The van der Waals surface area contributed by atoms with Gasteiger partial charge in [-0.1, -0.05) is 48.5 Å². The molecule has 1 atom stereocenters. The molecule has 2 heteroatoms. The molecule has 0 radical (unpaired) electrons. The van der Waals surface area contributed by atoms with E-state index in [1.54, 1.807) is 7.11 Å². The van der Waals surface area contributed by atoms with Crippen molar-refractivity contribution in [3.63, 3.8) is 0 Å². The molecule has 0 saturated heterocycles. The molecule has 0 aromatic heterocycles. The first kappa shape index (κ1) is 14.4. The van der Waals surface area contributed by atoms with Crippen LogP contribution in [0, 0.1) is 0 Å². The number of hydrogen-bond donors (Lipinski definition) is 1. The molecule has 0 saturated carbocycles. The van der Waals surface area contributed by atoms with Crippen LogP contribution >= 0.6 is 0 Å². The average molecular weight is 267 g/mol. The highest BCUT2D eigenvalue weighted by Crippen LogP contribution is 2.24. The van der Waals surface area contributed by atoms with Gasteiger partial charge in [0.2, 0.25) is 0 Å². The van der Waals surface area contributed by atoms with Crippen molar-refractivity contribution in [1.82, 2.24) is 5.32 Å². The lowest BCUT2D eigenvalue weighted by Crippen LogP contribution is -2.23. The molecule has 0 aliphatic carbocycles. The van der Waals surface area contributed by atoms with Crippen molar-refractivity contribution < 1.29 is 4.74 Å². The first-order chi connectivity index (χ1) is 9.85. The van der Waals surface area contributed by atoms with E-state index in [4.69, 9.17) is 4.74 Å². The van der Waals surface area contributed by atoms with E-state index in [1.807, 2.05) is 24.3 Å². The summed E-state index contributed by atoms with van der Waals surface area (Å²) in [5.41, 5.74) is 2.50. The van der Waals surface area contributed by atoms with Crippen LogP contribution in [-0.2, 0) is 0 Å².